The molecule has 1 saturated carbocycles. The minimum Gasteiger partial charge on any atom is -0.292 e. The fraction of sp³-hybridized carbons (Fsp3) is 0.636. The summed E-state index contributed by atoms with van der Waals surface area (Å²) in [4.78, 5) is 2.24. The molecular weight excluding hydrogens is 146 g/mol. The minimum atomic E-state index is 0.889. The molecule has 0 aromatic heterocycles. The van der Waals surface area contributed by atoms with Crippen molar-refractivity contribution in [2.45, 2.75) is 26.2 Å². The molecule has 0 N–H and O–H groups in total. The molecule has 1 rings (SSSR count). The van der Waals surface area contributed by atoms with E-state index in [0.29, 0.717) is 0 Å². The van der Waals surface area contributed by atoms with E-state index >= 15 is 0 Å². The first-order valence-corrected chi connectivity index (χ1v) is 4.59. The molecule has 66 valence electrons. The first-order valence-electron chi connectivity index (χ1n) is 4.59. The van der Waals surface area contributed by atoms with Crippen molar-refractivity contribution in [1.82, 2.24) is 4.90 Å². The maximum atomic E-state index is 3.05. The largest absolute Gasteiger partial charge is 0.292 e. The average molecular weight is 163 g/mol. The van der Waals surface area contributed by atoms with E-state index in [1.165, 1.54) is 19.3 Å². The van der Waals surface area contributed by atoms with Crippen LogP contribution in [0.4, 0.5) is 0 Å². The number of nitrogens with zero attached hydrogens (tertiary/aromatic N) is 1. The van der Waals surface area contributed by atoms with Crippen molar-refractivity contribution in [3.05, 3.63) is 11.6 Å². The van der Waals surface area contributed by atoms with Gasteiger partial charge >= 0.3 is 0 Å². The molecule has 0 heterocycles. The van der Waals surface area contributed by atoms with Gasteiger partial charge in [0.25, 0.3) is 0 Å². The van der Waals surface area contributed by atoms with Crippen LogP contribution in [0.2, 0.25) is 0 Å². The molecule has 0 saturated heterocycles. The topological polar surface area (TPSA) is 3.24 Å². The van der Waals surface area contributed by atoms with Gasteiger partial charge in [-0.15, -0.1) is 5.92 Å². The molecule has 0 aromatic carbocycles. The molecule has 0 aliphatic heterocycles. The van der Waals surface area contributed by atoms with Crippen molar-refractivity contribution in [2.75, 3.05) is 20.1 Å². The van der Waals surface area contributed by atoms with E-state index in [1.807, 2.05) is 6.92 Å². The second-order valence-electron chi connectivity index (χ2n) is 3.34. The van der Waals surface area contributed by atoms with Crippen molar-refractivity contribution < 1.29 is 0 Å². The van der Waals surface area contributed by atoms with E-state index in [9.17, 15) is 0 Å². The molecule has 1 aliphatic rings. The minimum absolute atomic E-state index is 0.889. The lowest BCUT2D eigenvalue weighted by molar-refractivity contribution is 0.415. The van der Waals surface area contributed by atoms with Gasteiger partial charge in [-0.2, -0.15) is 0 Å². The summed E-state index contributed by atoms with van der Waals surface area (Å²) >= 11 is 0. The van der Waals surface area contributed by atoms with Crippen LogP contribution in [0.25, 0.3) is 0 Å². The summed E-state index contributed by atoms with van der Waals surface area (Å²) in [6.45, 7) is 3.84. The molecule has 12 heavy (non-hydrogen) atoms. The van der Waals surface area contributed by atoms with Gasteiger partial charge in [0.15, 0.2) is 0 Å². The number of allylic oxidation sites excluding steroid dienone is 1. The fourth-order valence-electron chi connectivity index (χ4n) is 1.15. The molecule has 1 nitrogen and oxygen atoms in total. The summed E-state index contributed by atoms with van der Waals surface area (Å²) in [7, 11) is 2.11. The van der Waals surface area contributed by atoms with Gasteiger partial charge in [-0.25, -0.2) is 0 Å². The van der Waals surface area contributed by atoms with E-state index in [-0.39, 0.29) is 0 Å². The maximum Gasteiger partial charge on any atom is 0.0601 e. The predicted molar refractivity (Wildman–Crippen MR) is 52.9 cm³/mol. The van der Waals surface area contributed by atoms with Crippen LogP contribution in [0.3, 0.4) is 0 Å². The quantitative estimate of drug-likeness (QED) is 0.454. The molecule has 0 aromatic rings. The highest BCUT2D eigenvalue weighted by atomic mass is 15.1. The van der Waals surface area contributed by atoms with Gasteiger partial charge in [0, 0.05) is 6.54 Å². The Morgan fingerprint density at radius 1 is 1.50 bits per heavy atom. The maximum absolute atomic E-state index is 3.05. The Morgan fingerprint density at radius 3 is 2.75 bits per heavy atom. The molecule has 0 radical (unpaired) electrons. The van der Waals surface area contributed by atoms with E-state index in [0.717, 1.165) is 13.1 Å². The summed E-state index contributed by atoms with van der Waals surface area (Å²) in [6, 6.07) is 0. The van der Waals surface area contributed by atoms with Crippen LogP contribution in [0.15, 0.2) is 11.6 Å². The third-order valence-electron chi connectivity index (χ3n) is 2.21. The highest BCUT2D eigenvalue weighted by Crippen LogP contribution is 2.24. The SMILES string of the molecule is CC#CCN(C)CC=C1CCC1. The van der Waals surface area contributed by atoms with Crippen molar-refractivity contribution in [3.63, 3.8) is 0 Å². The van der Waals surface area contributed by atoms with E-state index in [4.69, 9.17) is 0 Å². The van der Waals surface area contributed by atoms with Crippen molar-refractivity contribution in [1.29, 1.82) is 0 Å². The summed E-state index contributed by atoms with van der Waals surface area (Å²) in [5.74, 6) is 5.96. The number of rotatable bonds is 3. The highest BCUT2D eigenvalue weighted by molar-refractivity contribution is 5.10. The standard InChI is InChI=1S/C11H17N/c1-3-4-9-12(2)10-8-11-6-5-7-11/h8H,5-7,9-10H2,1-2H3. The van der Waals surface area contributed by atoms with E-state index < -0.39 is 0 Å². The molecule has 1 fully saturated rings. The zero-order valence-electron chi connectivity index (χ0n) is 8.06. The molecule has 1 aliphatic carbocycles. The van der Waals surface area contributed by atoms with Crippen LogP contribution in [-0.4, -0.2) is 25.0 Å². The lowest BCUT2D eigenvalue weighted by Gasteiger charge is -2.18. The van der Waals surface area contributed by atoms with Gasteiger partial charge in [0.1, 0.15) is 0 Å². The number of hydrogen-bond acceptors (Lipinski definition) is 1. The molecule has 0 amide bonds. The fourth-order valence-corrected chi connectivity index (χ4v) is 1.15. The summed E-state index contributed by atoms with van der Waals surface area (Å²) in [5, 5.41) is 0. The summed E-state index contributed by atoms with van der Waals surface area (Å²) in [6.07, 6.45) is 6.39. The Balaban J connectivity index is 2.15. The van der Waals surface area contributed by atoms with Gasteiger partial charge in [-0.05, 0) is 33.2 Å². The highest BCUT2D eigenvalue weighted by Gasteiger charge is 2.07. The molecular formula is C11H17N. The lowest BCUT2D eigenvalue weighted by Crippen LogP contribution is -2.19. The first-order chi connectivity index (χ1) is 5.83. The third-order valence-corrected chi connectivity index (χ3v) is 2.21. The Labute approximate surface area is 75.5 Å². The lowest BCUT2D eigenvalue weighted by atomic mass is 9.92. The summed E-state index contributed by atoms with van der Waals surface area (Å²) < 4.78 is 0. The molecule has 0 unspecified atom stereocenters. The molecule has 1 heteroatoms. The zero-order valence-corrected chi connectivity index (χ0v) is 8.06. The second kappa shape index (κ2) is 5.00. The van der Waals surface area contributed by atoms with Gasteiger partial charge in [0.05, 0.1) is 6.54 Å². The Kier molecular flexibility index (Phi) is 3.90. The van der Waals surface area contributed by atoms with E-state index in [1.54, 1.807) is 5.57 Å². The number of hydrogen-bond donors (Lipinski definition) is 0. The van der Waals surface area contributed by atoms with Crippen LogP contribution in [0.5, 0.6) is 0 Å². The smallest absolute Gasteiger partial charge is 0.0601 e. The van der Waals surface area contributed by atoms with Gasteiger partial charge in [0.2, 0.25) is 0 Å². The monoisotopic (exact) mass is 163 g/mol. The van der Waals surface area contributed by atoms with Crippen LogP contribution >= 0.6 is 0 Å². The zero-order chi connectivity index (χ0) is 8.81. The van der Waals surface area contributed by atoms with Crippen LogP contribution in [-0.2, 0) is 0 Å². The van der Waals surface area contributed by atoms with E-state index in [2.05, 4.69) is 29.9 Å². The molecule has 0 bridgehead atoms. The van der Waals surface area contributed by atoms with Gasteiger partial charge < -0.3 is 0 Å². The average Bonchev–Trinajstić information content (AvgIpc) is 1.98. The Morgan fingerprint density at radius 2 is 2.25 bits per heavy atom. The van der Waals surface area contributed by atoms with Crippen molar-refractivity contribution in [3.8, 4) is 11.8 Å². The predicted octanol–water partition coefficient (Wildman–Crippen LogP) is 2.05. The Bertz CT molecular complexity index is 211. The molecule has 0 atom stereocenters. The van der Waals surface area contributed by atoms with Crippen LogP contribution < -0.4 is 0 Å². The van der Waals surface area contributed by atoms with Gasteiger partial charge in [-0.3, -0.25) is 4.90 Å². The molecule has 0 spiro atoms. The van der Waals surface area contributed by atoms with Gasteiger partial charge in [-0.1, -0.05) is 17.6 Å². The normalized spacial score (nSPS) is 15.1. The van der Waals surface area contributed by atoms with Crippen molar-refractivity contribution in [2.24, 2.45) is 0 Å². The summed E-state index contributed by atoms with van der Waals surface area (Å²) in [5.41, 5.74) is 1.63. The number of likely N-dealkylation sites (N-methyl/N-ethyl adjacent to an activating group) is 1. The van der Waals surface area contributed by atoms with Crippen LogP contribution in [0, 0.1) is 11.8 Å². The third kappa shape index (κ3) is 3.11. The van der Waals surface area contributed by atoms with Crippen LogP contribution in [0.1, 0.15) is 26.2 Å². The Hall–Kier alpha value is -0.740. The van der Waals surface area contributed by atoms with Crippen molar-refractivity contribution >= 4 is 0 Å². The second-order valence-corrected chi connectivity index (χ2v) is 3.34. The first kappa shape index (κ1) is 9.35.